The zero-order chi connectivity index (χ0) is 21.1. The quantitative estimate of drug-likeness (QED) is 0.472. The molecule has 0 aliphatic carbocycles. The Hall–Kier alpha value is -3.93. The molecule has 0 bridgehead atoms. The molecule has 4 aromatic rings. The molecule has 6 nitrogen and oxygen atoms in total. The van der Waals surface area contributed by atoms with Crippen LogP contribution in [0.2, 0.25) is 0 Å². The van der Waals surface area contributed by atoms with Crippen molar-refractivity contribution in [1.82, 2.24) is 15.3 Å². The van der Waals surface area contributed by atoms with Gasteiger partial charge >= 0.3 is 0 Å². The number of fused-ring (bicyclic) bond motifs is 1. The maximum atomic E-state index is 13.4. The van der Waals surface area contributed by atoms with Crippen molar-refractivity contribution < 1.29 is 4.79 Å². The lowest BCUT2D eigenvalue weighted by molar-refractivity contribution is 0.0938. The van der Waals surface area contributed by atoms with Gasteiger partial charge in [0, 0.05) is 22.7 Å². The van der Waals surface area contributed by atoms with Gasteiger partial charge in [0.25, 0.3) is 11.5 Å². The highest BCUT2D eigenvalue weighted by Gasteiger charge is 2.23. The number of hydrogen-bond donors (Lipinski definition) is 3. The summed E-state index contributed by atoms with van der Waals surface area (Å²) in [6.07, 6.45) is 2.13. The van der Waals surface area contributed by atoms with E-state index in [-0.39, 0.29) is 11.5 Å². The van der Waals surface area contributed by atoms with Crippen LogP contribution in [-0.4, -0.2) is 15.9 Å². The van der Waals surface area contributed by atoms with E-state index in [1.54, 1.807) is 18.3 Å². The molecule has 4 N–H and O–H groups in total. The molecule has 1 amide bonds. The average Bonchev–Trinajstić information content (AvgIpc) is 2.78. The number of amides is 1. The molecule has 0 saturated carbocycles. The van der Waals surface area contributed by atoms with E-state index in [2.05, 4.69) is 10.3 Å². The van der Waals surface area contributed by atoms with Gasteiger partial charge in [0.2, 0.25) is 0 Å². The van der Waals surface area contributed by atoms with Crippen molar-refractivity contribution in [2.24, 2.45) is 0 Å². The second-order valence-corrected chi connectivity index (χ2v) is 7.02. The number of nitrogen functional groups attached to an aromatic ring is 1. The first kappa shape index (κ1) is 19.4. The number of hydrogen-bond acceptors (Lipinski definition) is 4. The van der Waals surface area contributed by atoms with Crippen molar-refractivity contribution in [3.8, 4) is 11.3 Å². The normalized spacial score (nSPS) is 11.9. The third-order valence-corrected chi connectivity index (χ3v) is 5.14. The van der Waals surface area contributed by atoms with Gasteiger partial charge in [-0.15, -0.1) is 0 Å². The molecule has 6 heteroatoms. The molecule has 4 rings (SSSR count). The van der Waals surface area contributed by atoms with Crippen LogP contribution in [0.1, 0.15) is 35.3 Å². The highest BCUT2D eigenvalue weighted by molar-refractivity contribution is 6.12. The number of aromatic amines is 1. The zero-order valence-corrected chi connectivity index (χ0v) is 16.6. The van der Waals surface area contributed by atoms with Gasteiger partial charge in [-0.1, -0.05) is 61.5 Å². The first-order chi connectivity index (χ1) is 14.6. The number of H-pyrrole nitrogens is 1. The topological polar surface area (TPSA) is 101 Å². The van der Waals surface area contributed by atoms with Crippen LogP contribution in [0.25, 0.3) is 22.2 Å². The third-order valence-electron chi connectivity index (χ3n) is 5.14. The minimum atomic E-state index is -0.436. The van der Waals surface area contributed by atoms with E-state index in [1.807, 2.05) is 61.5 Å². The summed E-state index contributed by atoms with van der Waals surface area (Å²) in [6, 6.07) is 20.0. The van der Waals surface area contributed by atoms with Crippen molar-refractivity contribution in [3.63, 3.8) is 0 Å². The minimum absolute atomic E-state index is 0.220. The van der Waals surface area contributed by atoms with Crippen LogP contribution < -0.4 is 16.6 Å². The number of carbonyl (C=O) groups excluding carboxylic acids is 1. The van der Waals surface area contributed by atoms with E-state index in [0.29, 0.717) is 39.8 Å². The van der Waals surface area contributed by atoms with E-state index in [1.165, 1.54) is 0 Å². The molecule has 1 atom stereocenters. The Morgan fingerprint density at radius 2 is 1.80 bits per heavy atom. The molecule has 0 spiro atoms. The van der Waals surface area contributed by atoms with Gasteiger partial charge in [-0.25, -0.2) is 4.98 Å². The van der Waals surface area contributed by atoms with Crippen LogP contribution in [-0.2, 0) is 0 Å². The van der Waals surface area contributed by atoms with Crippen molar-refractivity contribution in [3.05, 3.63) is 94.4 Å². The second kappa shape index (κ2) is 8.21. The van der Waals surface area contributed by atoms with Crippen molar-refractivity contribution in [1.29, 1.82) is 0 Å². The number of nitrogens with zero attached hydrogens (tertiary/aromatic N) is 1. The SMILES string of the molecule is CCC(NC(=O)c1c(N)c(-c2ccccc2)nc2ccccc12)c1ccc[nH]c1=O. The fourth-order valence-corrected chi connectivity index (χ4v) is 3.63. The fourth-order valence-electron chi connectivity index (χ4n) is 3.63. The maximum Gasteiger partial charge on any atom is 0.254 e. The third kappa shape index (κ3) is 3.55. The van der Waals surface area contributed by atoms with Crippen LogP contribution in [0.3, 0.4) is 0 Å². The number of para-hydroxylation sites is 1. The predicted octanol–water partition coefficient (Wildman–Crippen LogP) is 4.05. The molecular formula is C24H22N4O2. The summed E-state index contributed by atoms with van der Waals surface area (Å²) in [6.45, 7) is 1.92. The van der Waals surface area contributed by atoms with Gasteiger partial charge in [-0.05, 0) is 18.6 Å². The summed E-state index contributed by atoms with van der Waals surface area (Å²) in [7, 11) is 0. The molecule has 0 aliphatic rings. The number of aromatic nitrogens is 2. The van der Waals surface area contributed by atoms with E-state index in [4.69, 9.17) is 10.7 Å². The predicted molar refractivity (Wildman–Crippen MR) is 119 cm³/mol. The van der Waals surface area contributed by atoms with Crippen LogP contribution >= 0.6 is 0 Å². The smallest absolute Gasteiger partial charge is 0.254 e. The fraction of sp³-hybridized carbons (Fsp3) is 0.125. The molecule has 0 saturated heterocycles. The molecule has 0 fully saturated rings. The summed E-state index contributed by atoms with van der Waals surface area (Å²) in [5, 5.41) is 3.66. The molecule has 1 unspecified atom stereocenters. The van der Waals surface area contributed by atoms with Gasteiger partial charge in [0.05, 0.1) is 28.5 Å². The van der Waals surface area contributed by atoms with Crippen molar-refractivity contribution in [2.45, 2.75) is 19.4 Å². The summed E-state index contributed by atoms with van der Waals surface area (Å²) in [5.74, 6) is -0.335. The van der Waals surface area contributed by atoms with E-state index in [0.717, 1.165) is 5.56 Å². The lowest BCUT2D eigenvalue weighted by Crippen LogP contribution is -2.32. The Bertz CT molecular complexity index is 1270. The lowest BCUT2D eigenvalue weighted by Gasteiger charge is -2.19. The Labute approximate surface area is 173 Å². The Morgan fingerprint density at radius 1 is 1.07 bits per heavy atom. The summed E-state index contributed by atoms with van der Waals surface area (Å²) in [4.78, 5) is 33.0. The Balaban J connectivity index is 1.83. The minimum Gasteiger partial charge on any atom is -0.396 e. The highest BCUT2D eigenvalue weighted by Crippen LogP contribution is 2.32. The standard InChI is InChI=1S/C24H22N4O2/c1-2-18(17-12-8-14-26-23(17)29)28-24(30)20-16-11-6-7-13-19(16)27-22(21(20)25)15-9-4-3-5-10-15/h3-14,18H,2,25H2,1H3,(H,26,29)(H,28,30). The molecule has 0 radical (unpaired) electrons. The average molecular weight is 398 g/mol. The second-order valence-electron chi connectivity index (χ2n) is 7.02. The van der Waals surface area contributed by atoms with Gasteiger partial charge < -0.3 is 16.0 Å². The summed E-state index contributed by atoms with van der Waals surface area (Å²) >= 11 is 0. The Kier molecular flexibility index (Phi) is 5.30. The molecule has 0 aliphatic heterocycles. The number of pyridine rings is 2. The first-order valence-electron chi connectivity index (χ1n) is 9.82. The molecule has 30 heavy (non-hydrogen) atoms. The van der Waals surface area contributed by atoms with Crippen molar-refractivity contribution >= 4 is 22.5 Å². The number of nitrogens with one attached hydrogen (secondary N) is 2. The molecule has 2 heterocycles. The van der Waals surface area contributed by atoms with Gasteiger partial charge in [-0.2, -0.15) is 0 Å². The summed E-state index contributed by atoms with van der Waals surface area (Å²) < 4.78 is 0. The van der Waals surface area contributed by atoms with Gasteiger partial charge in [-0.3, -0.25) is 9.59 Å². The van der Waals surface area contributed by atoms with Crippen molar-refractivity contribution in [2.75, 3.05) is 5.73 Å². The molecule has 2 aromatic heterocycles. The number of anilines is 1. The molecule has 150 valence electrons. The van der Waals surface area contributed by atoms with Crippen LogP contribution in [0, 0.1) is 0 Å². The van der Waals surface area contributed by atoms with Gasteiger partial charge in [0.15, 0.2) is 0 Å². The monoisotopic (exact) mass is 398 g/mol. The number of carbonyl (C=O) groups is 1. The van der Waals surface area contributed by atoms with Crippen LogP contribution in [0.4, 0.5) is 5.69 Å². The van der Waals surface area contributed by atoms with Crippen LogP contribution in [0.5, 0.6) is 0 Å². The maximum absolute atomic E-state index is 13.4. The van der Waals surface area contributed by atoms with E-state index < -0.39 is 6.04 Å². The first-order valence-corrected chi connectivity index (χ1v) is 9.82. The van der Waals surface area contributed by atoms with Crippen LogP contribution in [0.15, 0.2) is 77.7 Å². The van der Waals surface area contributed by atoms with E-state index in [9.17, 15) is 9.59 Å². The largest absolute Gasteiger partial charge is 0.396 e. The number of nitrogens with two attached hydrogens (primary N) is 1. The highest BCUT2D eigenvalue weighted by atomic mass is 16.2. The number of benzene rings is 2. The molecule has 2 aromatic carbocycles. The molecular weight excluding hydrogens is 376 g/mol. The van der Waals surface area contributed by atoms with E-state index >= 15 is 0 Å². The number of rotatable bonds is 5. The lowest BCUT2D eigenvalue weighted by atomic mass is 9.99. The Morgan fingerprint density at radius 3 is 2.53 bits per heavy atom. The summed E-state index contributed by atoms with van der Waals surface area (Å²) in [5.41, 5.74) is 9.52. The van der Waals surface area contributed by atoms with Gasteiger partial charge in [0.1, 0.15) is 0 Å². The zero-order valence-electron chi connectivity index (χ0n) is 16.6.